The van der Waals surface area contributed by atoms with E-state index in [-0.39, 0.29) is 5.41 Å². The highest BCUT2D eigenvalue weighted by molar-refractivity contribution is 6.97. The summed E-state index contributed by atoms with van der Waals surface area (Å²) < 4.78 is 5.87. The Hall–Kier alpha value is -2.42. The van der Waals surface area contributed by atoms with Gasteiger partial charge in [-0.1, -0.05) is 108 Å². The van der Waals surface area contributed by atoms with Crippen molar-refractivity contribution in [2.75, 3.05) is 13.2 Å². The molecule has 0 radical (unpaired) electrons. The van der Waals surface area contributed by atoms with Gasteiger partial charge in [0.1, 0.15) is 8.07 Å². The van der Waals surface area contributed by atoms with Crippen LogP contribution in [-0.4, -0.2) is 21.3 Å². The van der Waals surface area contributed by atoms with E-state index in [1.54, 1.807) is 5.20 Å². The highest BCUT2D eigenvalue weighted by Crippen LogP contribution is 2.56. The maximum atomic E-state index is 5.87. The summed E-state index contributed by atoms with van der Waals surface area (Å²) in [5.74, 6) is 0. The molecular weight excluding hydrogens is 368 g/mol. The lowest BCUT2D eigenvalue weighted by molar-refractivity contribution is 0.0646. The Balaban J connectivity index is 1.85. The average Bonchev–Trinajstić information content (AvgIpc) is 3.06. The number of benzene rings is 3. The molecule has 29 heavy (non-hydrogen) atoms. The van der Waals surface area contributed by atoms with E-state index in [1.807, 2.05) is 0 Å². The van der Waals surface area contributed by atoms with Gasteiger partial charge in [-0.15, -0.1) is 0 Å². The van der Waals surface area contributed by atoms with E-state index in [4.69, 9.17) is 4.74 Å². The smallest absolute Gasteiger partial charge is 0.109 e. The van der Waals surface area contributed by atoms with Crippen molar-refractivity contribution < 1.29 is 4.74 Å². The van der Waals surface area contributed by atoms with Crippen molar-refractivity contribution in [3.05, 3.63) is 107 Å². The Labute approximate surface area is 175 Å². The molecule has 0 atom stereocenters. The molecule has 3 aromatic rings. The maximum absolute atomic E-state index is 5.87. The lowest BCUT2D eigenvalue weighted by Gasteiger charge is -2.43. The Bertz CT molecular complexity index is 1040. The summed E-state index contributed by atoms with van der Waals surface area (Å²) in [7, 11) is -1.93. The SMILES string of the molecule is C[Si](C)(C1=C(c2ccccc2)c2ccccc2C12CCOCC2)c1ccccc1. The molecule has 0 unspecified atom stereocenters. The Kier molecular flexibility index (Phi) is 4.57. The van der Waals surface area contributed by atoms with Gasteiger partial charge in [-0.3, -0.25) is 0 Å². The van der Waals surface area contributed by atoms with Gasteiger partial charge in [0.25, 0.3) is 0 Å². The Morgan fingerprint density at radius 2 is 1.31 bits per heavy atom. The van der Waals surface area contributed by atoms with Gasteiger partial charge in [-0.25, -0.2) is 0 Å². The van der Waals surface area contributed by atoms with Gasteiger partial charge in [0.2, 0.25) is 0 Å². The fourth-order valence-electron chi connectivity index (χ4n) is 5.68. The van der Waals surface area contributed by atoms with Gasteiger partial charge in [0.05, 0.1) is 0 Å². The predicted molar refractivity (Wildman–Crippen MR) is 124 cm³/mol. The topological polar surface area (TPSA) is 9.23 Å². The molecule has 1 aliphatic heterocycles. The lowest BCUT2D eigenvalue weighted by atomic mass is 9.76. The highest BCUT2D eigenvalue weighted by Gasteiger charge is 2.51. The first-order chi connectivity index (χ1) is 14.1. The molecule has 0 aromatic heterocycles. The normalized spacial score (nSPS) is 18.1. The van der Waals surface area contributed by atoms with Gasteiger partial charge < -0.3 is 4.74 Å². The molecule has 0 N–H and O–H groups in total. The zero-order chi connectivity index (χ0) is 19.9. The van der Waals surface area contributed by atoms with Gasteiger partial charge in [0, 0.05) is 18.6 Å². The molecule has 0 saturated carbocycles. The number of fused-ring (bicyclic) bond motifs is 2. The minimum Gasteiger partial charge on any atom is -0.381 e. The first-order valence-corrected chi connectivity index (χ1v) is 13.7. The van der Waals surface area contributed by atoms with Gasteiger partial charge >= 0.3 is 0 Å². The third kappa shape index (κ3) is 2.85. The molecule has 0 bridgehead atoms. The maximum Gasteiger partial charge on any atom is 0.109 e. The molecular formula is C27H28OSi. The molecule has 146 valence electrons. The molecule has 2 heteroatoms. The van der Waals surface area contributed by atoms with E-state index in [0.717, 1.165) is 26.1 Å². The van der Waals surface area contributed by atoms with Crippen molar-refractivity contribution in [1.82, 2.24) is 0 Å². The van der Waals surface area contributed by atoms with Crippen molar-refractivity contribution in [3.63, 3.8) is 0 Å². The molecule has 1 spiro atoms. The van der Waals surface area contributed by atoms with Gasteiger partial charge in [0.15, 0.2) is 0 Å². The van der Waals surface area contributed by atoms with Crippen LogP contribution in [0.25, 0.3) is 5.57 Å². The number of hydrogen-bond acceptors (Lipinski definition) is 1. The second-order valence-electron chi connectivity index (χ2n) is 8.85. The zero-order valence-corrected chi connectivity index (χ0v) is 18.3. The van der Waals surface area contributed by atoms with Crippen LogP contribution in [0.3, 0.4) is 0 Å². The number of hydrogen-bond donors (Lipinski definition) is 0. The summed E-state index contributed by atoms with van der Waals surface area (Å²) in [6.07, 6.45) is 2.16. The van der Waals surface area contributed by atoms with Crippen LogP contribution in [0.4, 0.5) is 0 Å². The van der Waals surface area contributed by atoms with E-state index in [9.17, 15) is 0 Å². The van der Waals surface area contributed by atoms with Crippen LogP contribution in [0.2, 0.25) is 13.1 Å². The second-order valence-corrected chi connectivity index (χ2v) is 13.2. The molecule has 1 fully saturated rings. The quantitative estimate of drug-likeness (QED) is 0.516. The summed E-state index contributed by atoms with van der Waals surface area (Å²) in [6, 6.07) is 31.4. The van der Waals surface area contributed by atoms with Crippen LogP contribution in [-0.2, 0) is 10.2 Å². The largest absolute Gasteiger partial charge is 0.381 e. The molecule has 2 aliphatic rings. The van der Waals surface area contributed by atoms with E-state index in [2.05, 4.69) is 98.0 Å². The zero-order valence-electron chi connectivity index (χ0n) is 17.3. The van der Waals surface area contributed by atoms with Crippen LogP contribution in [0.5, 0.6) is 0 Å². The lowest BCUT2D eigenvalue weighted by Crippen LogP contribution is -2.51. The first kappa shape index (κ1) is 18.6. The number of rotatable bonds is 3. The summed E-state index contributed by atoms with van der Waals surface area (Å²) in [5.41, 5.74) is 5.91. The van der Waals surface area contributed by atoms with E-state index in [1.165, 1.54) is 27.5 Å². The van der Waals surface area contributed by atoms with Crippen molar-refractivity contribution in [2.45, 2.75) is 31.4 Å². The van der Waals surface area contributed by atoms with Gasteiger partial charge in [-0.2, -0.15) is 0 Å². The Morgan fingerprint density at radius 3 is 2.00 bits per heavy atom. The van der Waals surface area contributed by atoms with Crippen LogP contribution in [0.15, 0.2) is 90.1 Å². The molecule has 1 aliphatic carbocycles. The van der Waals surface area contributed by atoms with Crippen molar-refractivity contribution in [1.29, 1.82) is 0 Å². The van der Waals surface area contributed by atoms with E-state index in [0.29, 0.717) is 0 Å². The van der Waals surface area contributed by atoms with E-state index < -0.39 is 8.07 Å². The third-order valence-corrected chi connectivity index (χ3v) is 10.7. The van der Waals surface area contributed by atoms with Crippen LogP contribution >= 0.6 is 0 Å². The first-order valence-electron chi connectivity index (χ1n) is 10.7. The Morgan fingerprint density at radius 1 is 0.724 bits per heavy atom. The highest BCUT2D eigenvalue weighted by atomic mass is 28.3. The summed E-state index contributed by atoms with van der Waals surface area (Å²) in [5, 5.41) is 3.22. The fraction of sp³-hybridized carbons (Fsp3) is 0.259. The van der Waals surface area contributed by atoms with Crippen molar-refractivity contribution in [2.24, 2.45) is 0 Å². The monoisotopic (exact) mass is 396 g/mol. The minimum absolute atomic E-state index is 0.103. The number of ether oxygens (including phenoxy) is 1. The average molecular weight is 397 g/mol. The third-order valence-electron chi connectivity index (χ3n) is 6.97. The summed E-state index contributed by atoms with van der Waals surface area (Å²) >= 11 is 0. The minimum atomic E-state index is -1.93. The van der Waals surface area contributed by atoms with Crippen LogP contribution in [0, 0.1) is 0 Å². The van der Waals surface area contributed by atoms with Gasteiger partial charge in [-0.05, 0) is 35.1 Å². The van der Waals surface area contributed by atoms with Crippen molar-refractivity contribution in [3.8, 4) is 0 Å². The van der Waals surface area contributed by atoms with Crippen molar-refractivity contribution >= 4 is 18.8 Å². The molecule has 0 amide bonds. The van der Waals surface area contributed by atoms with E-state index >= 15 is 0 Å². The predicted octanol–water partition coefficient (Wildman–Crippen LogP) is 5.71. The molecule has 5 rings (SSSR count). The van der Waals surface area contributed by atoms with Crippen LogP contribution in [0.1, 0.15) is 29.5 Å². The molecule has 1 nitrogen and oxygen atoms in total. The summed E-state index contributed by atoms with van der Waals surface area (Å²) in [6.45, 7) is 6.78. The molecule has 1 saturated heterocycles. The number of allylic oxidation sites excluding steroid dienone is 1. The fourth-order valence-corrected chi connectivity index (χ4v) is 9.48. The molecule has 1 heterocycles. The standard InChI is InChI=1S/C27H28OSi/c1-29(2,22-13-7-4-8-14-22)26-25(21-11-5-3-6-12-21)23-15-9-10-16-24(23)27(26)17-19-28-20-18-27/h3-16H,17-20H2,1-2H3. The second kappa shape index (κ2) is 7.12. The molecule has 3 aromatic carbocycles. The van der Waals surface area contributed by atoms with Crippen LogP contribution < -0.4 is 5.19 Å². The summed E-state index contributed by atoms with van der Waals surface area (Å²) in [4.78, 5) is 0.